The third-order valence-corrected chi connectivity index (χ3v) is 2.89. The van der Waals surface area contributed by atoms with E-state index in [-0.39, 0.29) is 5.91 Å². The summed E-state index contributed by atoms with van der Waals surface area (Å²) in [6.45, 7) is 4.46. The minimum Gasteiger partial charge on any atom is -0.394 e. The lowest BCUT2D eigenvalue weighted by molar-refractivity contribution is -0.124. The van der Waals surface area contributed by atoms with Gasteiger partial charge in [0, 0.05) is 33.7 Å². The van der Waals surface area contributed by atoms with Crippen LogP contribution < -0.4 is 5.73 Å². The molecule has 1 amide bonds. The first-order valence-corrected chi connectivity index (χ1v) is 5.83. The molecule has 1 heterocycles. The van der Waals surface area contributed by atoms with E-state index in [0.717, 1.165) is 37.3 Å². The summed E-state index contributed by atoms with van der Waals surface area (Å²) in [5.41, 5.74) is 7.91. The van der Waals surface area contributed by atoms with Crippen LogP contribution in [0.3, 0.4) is 0 Å². The lowest BCUT2D eigenvalue weighted by Gasteiger charge is -2.17. The molecule has 0 saturated heterocycles. The van der Waals surface area contributed by atoms with E-state index in [1.54, 1.807) is 14.1 Å². The maximum absolute atomic E-state index is 11.8. The average Bonchev–Trinajstić information content (AvgIpc) is 2.50. The van der Waals surface area contributed by atoms with Crippen molar-refractivity contribution in [3.63, 3.8) is 0 Å². The molecule has 5 heteroatoms. The topological polar surface area (TPSA) is 61.9 Å². The second-order valence-corrected chi connectivity index (χ2v) is 4.66. The Bertz CT molecular complexity index is 358. The zero-order chi connectivity index (χ0) is 13.0. The number of nitrogens with two attached hydrogens (primary N) is 1. The van der Waals surface area contributed by atoms with E-state index in [0.29, 0.717) is 5.70 Å². The molecule has 96 valence electrons. The van der Waals surface area contributed by atoms with Crippen LogP contribution in [-0.4, -0.2) is 62.2 Å². The Morgan fingerprint density at radius 2 is 2.12 bits per heavy atom. The maximum atomic E-state index is 11.8. The molecule has 0 bridgehead atoms. The Labute approximate surface area is 103 Å². The van der Waals surface area contributed by atoms with E-state index in [1.807, 2.05) is 6.92 Å². The average molecular weight is 238 g/mol. The minimum absolute atomic E-state index is 0.155. The van der Waals surface area contributed by atoms with E-state index >= 15 is 0 Å². The van der Waals surface area contributed by atoms with Crippen LogP contribution >= 0.6 is 0 Å². The molecule has 0 aliphatic carbocycles. The van der Waals surface area contributed by atoms with Crippen molar-refractivity contribution in [3.8, 4) is 0 Å². The number of nitrogens with zero attached hydrogens (tertiary/aromatic N) is 3. The molecule has 0 aromatic heterocycles. The first-order valence-electron chi connectivity index (χ1n) is 5.83. The second-order valence-electron chi connectivity index (χ2n) is 4.66. The Balaban J connectivity index is 2.93. The van der Waals surface area contributed by atoms with Crippen LogP contribution in [0.15, 0.2) is 16.3 Å². The molecule has 0 spiro atoms. The molecule has 0 aromatic carbocycles. The highest BCUT2D eigenvalue weighted by Gasteiger charge is 2.17. The fourth-order valence-corrected chi connectivity index (χ4v) is 1.73. The summed E-state index contributed by atoms with van der Waals surface area (Å²) in [4.78, 5) is 20.0. The first-order chi connectivity index (χ1) is 7.93. The Morgan fingerprint density at radius 1 is 1.47 bits per heavy atom. The van der Waals surface area contributed by atoms with E-state index in [4.69, 9.17) is 5.73 Å². The number of carbonyl (C=O) groups is 1. The van der Waals surface area contributed by atoms with Crippen LogP contribution in [0.4, 0.5) is 0 Å². The molecule has 2 N–H and O–H groups in total. The first kappa shape index (κ1) is 13.7. The van der Waals surface area contributed by atoms with Gasteiger partial charge in [0.1, 0.15) is 5.70 Å². The molecule has 0 saturated carbocycles. The van der Waals surface area contributed by atoms with Crippen molar-refractivity contribution in [2.45, 2.75) is 13.3 Å². The van der Waals surface area contributed by atoms with E-state index in [9.17, 15) is 4.79 Å². The van der Waals surface area contributed by atoms with Gasteiger partial charge >= 0.3 is 0 Å². The quantitative estimate of drug-likeness (QED) is 0.693. The Hall–Kier alpha value is -1.36. The van der Waals surface area contributed by atoms with Gasteiger partial charge in [-0.05, 0) is 26.0 Å². The number of amides is 1. The largest absolute Gasteiger partial charge is 0.394 e. The lowest BCUT2D eigenvalue weighted by atomic mass is 10.1. The monoisotopic (exact) mass is 238 g/mol. The molecule has 1 rings (SSSR count). The summed E-state index contributed by atoms with van der Waals surface area (Å²) in [6.07, 6.45) is 1.05. The van der Waals surface area contributed by atoms with Gasteiger partial charge in [0.2, 0.25) is 0 Å². The SMILES string of the molecule is C/C(C1=NCCCN(C)C1)=C(/N)C(=O)N(C)C. The van der Waals surface area contributed by atoms with Crippen molar-refractivity contribution < 1.29 is 4.79 Å². The lowest BCUT2D eigenvalue weighted by Crippen LogP contribution is -2.32. The van der Waals surface area contributed by atoms with Crippen LogP contribution in [0.1, 0.15) is 13.3 Å². The van der Waals surface area contributed by atoms with Crippen molar-refractivity contribution in [1.29, 1.82) is 0 Å². The van der Waals surface area contributed by atoms with Gasteiger partial charge in [0.15, 0.2) is 0 Å². The predicted octanol–water partition coefficient (Wildman–Crippen LogP) is 0.0838. The van der Waals surface area contributed by atoms with Gasteiger partial charge in [-0.25, -0.2) is 0 Å². The van der Waals surface area contributed by atoms with Gasteiger partial charge in [-0.1, -0.05) is 0 Å². The molecule has 0 radical (unpaired) electrons. The number of rotatable bonds is 2. The van der Waals surface area contributed by atoms with E-state index in [2.05, 4.69) is 16.9 Å². The highest BCUT2D eigenvalue weighted by molar-refractivity contribution is 6.08. The van der Waals surface area contributed by atoms with Crippen LogP contribution in [0, 0.1) is 0 Å². The van der Waals surface area contributed by atoms with Gasteiger partial charge in [0.05, 0.1) is 5.71 Å². The summed E-state index contributed by atoms with van der Waals surface area (Å²) in [7, 11) is 5.45. The van der Waals surface area contributed by atoms with Gasteiger partial charge < -0.3 is 15.5 Å². The van der Waals surface area contributed by atoms with Gasteiger partial charge in [-0.2, -0.15) is 0 Å². The molecule has 5 nitrogen and oxygen atoms in total. The standard InChI is InChI=1S/C12H22N4O/c1-9(11(13)12(17)15(2)3)10-8-16(4)7-5-6-14-10/h5-8,13H2,1-4H3/b11-9-. The van der Waals surface area contributed by atoms with Crippen molar-refractivity contribution in [3.05, 3.63) is 11.3 Å². The van der Waals surface area contributed by atoms with Crippen molar-refractivity contribution >= 4 is 11.6 Å². The highest BCUT2D eigenvalue weighted by atomic mass is 16.2. The van der Waals surface area contributed by atoms with Gasteiger partial charge in [0.25, 0.3) is 5.91 Å². The molecule has 1 aliphatic rings. The number of hydrogen-bond donors (Lipinski definition) is 1. The third-order valence-electron chi connectivity index (χ3n) is 2.89. The van der Waals surface area contributed by atoms with E-state index in [1.165, 1.54) is 4.90 Å². The smallest absolute Gasteiger partial charge is 0.269 e. The van der Waals surface area contributed by atoms with E-state index < -0.39 is 0 Å². The van der Waals surface area contributed by atoms with Crippen molar-refractivity contribution in [2.75, 3.05) is 40.8 Å². The fourth-order valence-electron chi connectivity index (χ4n) is 1.73. The number of likely N-dealkylation sites (N-methyl/N-ethyl adjacent to an activating group) is 1. The molecular weight excluding hydrogens is 216 g/mol. The van der Waals surface area contributed by atoms with Crippen molar-refractivity contribution in [1.82, 2.24) is 9.80 Å². The number of carbonyl (C=O) groups excluding carboxylic acids is 1. The number of hydrogen-bond acceptors (Lipinski definition) is 4. The highest BCUT2D eigenvalue weighted by Crippen LogP contribution is 2.08. The predicted molar refractivity (Wildman–Crippen MR) is 70.0 cm³/mol. The summed E-state index contributed by atoms with van der Waals surface area (Å²) in [5, 5.41) is 0. The number of aliphatic imine (C=N–C) groups is 1. The van der Waals surface area contributed by atoms with Gasteiger partial charge in [-0.15, -0.1) is 0 Å². The summed E-state index contributed by atoms with van der Waals surface area (Å²) >= 11 is 0. The second kappa shape index (κ2) is 5.82. The minimum atomic E-state index is -0.155. The summed E-state index contributed by atoms with van der Waals surface area (Å²) in [6, 6.07) is 0. The molecule has 17 heavy (non-hydrogen) atoms. The molecule has 0 unspecified atom stereocenters. The molecular formula is C12H22N4O. The summed E-state index contributed by atoms with van der Waals surface area (Å²) in [5.74, 6) is -0.155. The fraction of sp³-hybridized carbons (Fsp3) is 0.667. The van der Waals surface area contributed by atoms with Crippen LogP contribution in [0.25, 0.3) is 0 Å². The molecule has 0 fully saturated rings. The molecule has 0 aromatic rings. The van der Waals surface area contributed by atoms with Gasteiger partial charge in [-0.3, -0.25) is 9.79 Å². The van der Waals surface area contributed by atoms with Crippen LogP contribution in [-0.2, 0) is 4.79 Å². The summed E-state index contributed by atoms with van der Waals surface area (Å²) < 4.78 is 0. The van der Waals surface area contributed by atoms with Crippen LogP contribution in [0.2, 0.25) is 0 Å². The van der Waals surface area contributed by atoms with Crippen molar-refractivity contribution in [2.24, 2.45) is 10.7 Å². The zero-order valence-corrected chi connectivity index (χ0v) is 11.2. The normalized spacial score (nSPS) is 19.2. The molecule has 1 aliphatic heterocycles. The Morgan fingerprint density at radius 3 is 2.71 bits per heavy atom. The Kier molecular flexibility index (Phi) is 4.69. The molecule has 0 atom stereocenters. The maximum Gasteiger partial charge on any atom is 0.269 e. The third kappa shape index (κ3) is 3.56. The zero-order valence-electron chi connectivity index (χ0n) is 11.2. The van der Waals surface area contributed by atoms with Crippen LogP contribution in [0.5, 0.6) is 0 Å².